The maximum Gasteiger partial charge on any atom is 0.233 e. The summed E-state index contributed by atoms with van der Waals surface area (Å²) in [5.41, 5.74) is 3.46. The molecule has 0 spiro atoms. The zero-order valence-electron chi connectivity index (χ0n) is 18.7. The van der Waals surface area contributed by atoms with Gasteiger partial charge in [-0.1, -0.05) is 0 Å². The number of pyridine rings is 1. The molecule has 2 bridgehead atoms. The molecule has 0 aliphatic carbocycles. The van der Waals surface area contributed by atoms with Crippen LogP contribution in [0.4, 0.5) is 10.2 Å². The molecule has 6 rings (SSSR count). The highest BCUT2D eigenvalue weighted by Gasteiger charge is 2.36. The lowest BCUT2D eigenvalue weighted by Crippen LogP contribution is -2.47. The molecule has 1 N–H and O–H groups in total. The van der Waals surface area contributed by atoms with Gasteiger partial charge in [-0.25, -0.2) is 4.39 Å². The first-order chi connectivity index (χ1) is 16.1. The molecule has 2 fully saturated rings. The fourth-order valence-corrected chi connectivity index (χ4v) is 5.45. The summed E-state index contributed by atoms with van der Waals surface area (Å²) in [5.74, 6) is 1.44. The minimum absolute atomic E-state index is 0.264. The van der Waals surface area contributed by atoms with Crippen LogP contribution in [0.1, 0.15) is 31.2 Å². The number of nitrogens with one attached hydrogen (secondary N) is 1. The molecule has 2 saturated heterocycles. The summed E-state index contributed by atoms with van der Waals surface area (Å²) >= 11 is 0. The van der Waals surface area contributed by atoms with E-state index < -0.39 is 0 Å². The molecule has 2 unspecified atom stereocenters. The Kier molecular flexibility index (Phi) is 4.90. The van der Waals surface area contributed by atoms with E-state index in [9.17, 15) is 0 Å². The van der Waals surface area contributed by atoms with Crippen molar-refractivity contribution in [2.24, 2.45) is 0 Å². The van der Waals surface area contributed by atoms with E-state index in [-0.39, 0.29) is 12.4 Å². The van der Waals surface area contributed by atoms with E-state index in [4.69, 9.17) is 14.5 Å². The van der Waals surface area contributed by atoms with E-state index >= 15 is 4.39 Å². The van der Waals surface area contributed by atoms with Crippen LogP contribution in [-0.2, 0) is 6.61 Å². The number of methoxy groups -OCH3 is 1. The van der Waals surface area contributed by atoms with Crippen molar-refractivity contribution in [3.63, 3.8) is 0 Å². The van der Waals surface area contributed by atoms with Crippen LogP contribution in [0, 0.1) is 5.82 Å². The highest BCUT2D eigenvalue weighted by Crippen LogP contribution is 2.41. The monoisotopic (exact) mass is 447 g/mol. The number of benzene rings is 1. The molecule has 7 nitrogen and oxygen atoms in total. The Bertz CT molecular complexity index is 1210. The van der Waals surface area contributed by atoms with Gasteiger partial charge in [-0.05, 0) is 55.5 Å². The Labute approximate surface area is 192 Å². The minimum Gasteiger partial charge on any atom is -0.480 e. The van der Waals surface area contributed by atoms with E-state index in [1.807, 2.05) is 18.2 Å². The van der Waals surface area contributed by atoms with Crippen LogP contribution in [0.5, 0.6) is 11.8 Å². The molecule has 3 aliphatic rings. The van der Waals surface area contributed by atoms with Crippen LogP contribution in [0.2, 0.25) is 0 Å². The van der Waals surface area contributed by atoms with Crippen molar-refractivity contribution in [1.29, 1.82) is 0 Å². The van der Waals surface area contributed by atoms with Crippen molar-refractivity contribution in [3.05, 3.63) is 47.9 Å². The van der Waals surface area contributed by atoms with Gasteiger partial charge in [-0.3, -0.25) is 0 Å². The SMILES string of the molecule is COc1cc(-c2cc(F)c3c(c2)COc2nc(N(C)C4CC5CCC(C4)N5)ccc2-3)cnn1. The van der Waals surface area contributed by atoms with Gasteiger partial charge in [0.05, 0.1) is 13.3 Å². The van der Waals surface area contributed by atoms with Gasteiger partial charge in [0, 0.05) is 53.5 Å². The normalized spacial score (nSPS) is 22.8. The summed E-state index contributed by atoms with van der Waals surface area (Å²) in [5, 5.41) is 11.5. The maximum absolute atomic E-state index is 15.4. The van der Waals surface area contributed by atoms with Gasteiger partial charge in [0.15, 0.2) is 0 Å². The molecular formula is C25H26FN5O2. The number of halogens is 1. The average Bonchev–Trinajstić information content (AvgIpc) is 3.19. The van der Waals surface area contributed by atoms with Crippen LogP contribution in [-0.4, -0.2) is 47.5 Å². The van der Waals surface area contributed by atoms with Crippen LogP contribution in [0.15, 0.2) is 36.5 Å². The van der Waals surface area contributed by atoms with Gasteiger partial charge in [-0.2, -0.15) is 10.1 Å². The number of nitrogens with zero attached hydrogens (tertiary/aromatic N) is 4. The predicted octanol–water partition coefficient (Wildman–Crippen LogP) is 3.96. The van der Waals surface area contributed by atoms with Crippen LogP contribution >= 0.6 is 0 Å². The van der Waals surface area contributed by atoms with E-state index in [0.29, 0.717) is 46.6 Å². The summed E-state index contributed by atoms with van der Waals surface area (Å²) < 4.78 is 26.5. The molecule has 3 aliphatic heterocycles. The molecule has 0 radical (unpaired) electrons. The van der Waals surface area contributed by atoms with Gasteiger partial charge in [0.25, 0.3) is 0 Å². The average molecular weight is 448 g/mol. The second-order valence-corrected chi connectivity index (χ2v) is 9.16. The number of hydrogen-bond donors (Lipinski definition) is 1. The highest BCUT2D eigenvalue weighted by molar-refractivity contribution is 5.79. The number of piperidine rings is 1. The first kappa shape index (κ1) is 20.4. The van der Waals surface area contributed by atoms with Crippen molar-refractivity contribution in [2.75, 3.05) is 19.1 Å². The largest absolute Gasteiger partial charge is 0.480 e. The van der Waals surface area contributed by atoms with E-state index in [2.05, 4.69) is 27.5 Å². The first-order valence-electron chi connectivity index (χ1n) is 11.4. The lowest BCUT2D eigenvalue weighted by atomic mass is 9.94. The van der Waals surface area contributed by atoms with Crippen molar-refractivity contribution < 1.29 is 13.9 Å². The van der Waals surface area contributed by atoms with Gasteiger partial charge >= 0.3 is 0 Å². The standard InChI is InChI=1S/C25H26FN5O2/c1-31(19-10-17-3-4-18(11-19)28-17)22-6-5-20-24-16(13-33-25(20)29-22)7-14(8-21(24)26)15-9-23(32-2)30-27-12-15/h5-9,12,17-19,28H,3-4,10-11,13H2,1-2H3. The second-order valence-electron chi connectivity index (χ2n) is 9.16. The smallest absolute Gasteiger partial charge is 0.233 e. The number of fused-ring (bicyclic) bond motifs is 5. The van der Waals surface area contributed by atoms with Crippen molar-refractivity contribution in [2.45, 2.75) is 50.4 Å². The fraction of sp³-hybridized carbons (Fsp3) is 0.400. The lowest BCUT2D eigenvalue weighted by molar-refractivity contribution is 0.288. The molecule has 1 aromatic carbocycles. The van der Waals surface area contributed by atoms with E-state index in [1.165, 1.54) is 26.0 Å². The van der Waals surface area contributed by atoms with Gasteiger partial charge < -0.3 is 19.7 Å². The molecule has 33 heavy (non-hydrogen) atoms. The number of rotatable bonds is 4. The minimum atomic E-state index is -0.305. The third kappa shape index (κ3) is 3.58. The van der Waals surface area contributed by atoms with Crippen molar-refractivity contribution >= 4 is 5.82 Å². The molecule has 0 amide bonds. The van der Waals surface area contributed by atoms with Crippen LogP contribution < -0.4 is 19.7 Å². The molecule has 8 heteroatoms. The lowest BCUT2D eigenvalue weighted by Gasteiger charge is -2.36. The van der Waals surface area contributed by atoms with E-state index in [1.54, 1.807) is 12.3 Å². The van der Waals surface area contributed by atoms with Gasteiger partial charge in [0.1, 0.15) is 18.2 Å². The van der Waals surface area contributed by atoms with E-state index in [0.717, 1.165) is 29.8 Å². The third-order valence-electron chi connectivity index (χ3n) is 7.18. The van der Waals surface area contributed by atoms with Crippen molar-refractivity contribution in [1.82, 2.24) is 20.5 Å². The molecular weight excluding hydrogens is 421 g/mol. The second kappa shape index (κ2) is 7.95. The molecule has 170 valence electrons. The summed E-state index contributed by atoms with van der Waals surface area (Å²) in [6.45, 7) is 0.264. The van der Waals surface area contributed by atoms with Gasteiger partial charge in [0.2, 0.25) is 11.8 Å². The zero-order valence-corrected chi connectivity index (χ0v) is 18.7. The Morgan fingerprint density at radius 2 is 1.94 bits per heavy atom. The Balaban J connectivity index is 1.31. The number of ether oxygens (including phenoxy) is 2. The first-order valence-corrected chi connectivity index (χ1v) is 11.4. The number of aromatic nitrogens is 3. The third-order valence-corrected chi connectivity index (χ3v) is 7.18. The topological polar surface area (TPSA) is 72.4 Å². The molecule has 2 aromatic heterocycles. The molecule has 5 heterocycles. The summed E-state index contributed by atoms with van der Waals surface area (Å²) in [4.78, 5) is 7.04. The quantitative estimate of drug-likeness (QED) is 0.649. The maximum atomic E-state index is 15.4. The van der Waals surface area contributed by atoms with Crippen LogP contribution in [0.3, 0.4) is 0 Å². The number of anilines is 1. The fourth-order valence-electron chi connectivity index (χ4n) is 5.45. The summed E-state index contributed by atoms with van der Waals surface area (Å²) in [7, 11) is 3.63. The number of hydrogen-bond acceptors (Lipinski definition) is 7. The Morgan fingerprint density at radius 3 is 2.73 bits per heavy atom. The highest BCUT2D eigenvalue weighted by atomic mass is 19.1. The predicted molar refractivity (Wildman–Crippen MR) is 123 cm³/mol. The molecule has 2 atom stereocenters. The van der Waals surface area contributed by atoms with Gasteiger partial charge in [-0.15, -0.1) is 5.10 Å². The van der Waals surface area contributed by atoms with Crippen LogP contribution in [0.25, 0.3) is 22.3 Å². The Hall–Kier alpha value is -3.26. The summed E-state index contributed by atoms with van der Waals surface area (Å²) in [6, 6.07) is 10.8. The summed E-state index contributed by atoms with van der Waals surface area (Å²) in [6.07, 6.45) is 6.37. The Morgan fingerprint density at radius 1 is 1.12 bits per heavy atom. The van der Waals surface area contributed by atoms with Crippen molar-refractivity contribution in [3.8, 4) is 34.0 Å². The molecule has 3 aromatic rings. The zero-order chi connectivity index (χ0) is 22.5. The molecule has 0 saturated carbocycles.